The molecule has 1 saturated heterocycles. The summed E-state index contributed by atoms with van der Waals surface area (Å²) < 4.78 is 34.1. The minimum Gasteiger partial charge on any atom is -0.379 e. The first kappa shape index (κ1) is 20.8. The number of carbonyl (C=O) groups is 1. The maximum absolute atomic E-state index is 13.8. The summed E-state index contributed by atoms with van der Waals surface area (Å²) in [6.45, 7) is 4.06. The summed E-state index contributed by atoms with van der Waals surface area (Å²) in [6, 6.07) is 11.5. The van der Waals surface area contributed by atoms with Crippen molar-refractivity contribution in [1.82, 2.24) is 14.7 Å². The lowest BCUT2D eigenvalue weighted by Crippen LogP contribution is -2.35. The fourth-order valence-electron chi connectivity index (χ4n) is 4.41. The summed E-state index contributed by atoms with van der Waals surface area (Å²) in [6.07, 6.45) is 2.37. The Labute approximate surface area is 184 Å². The zero-order chi connectivity index (χ0) is 22.1. The van der Waals surface area contributed by atoms with E-state index in [1.807, 2.05) is 24.3 Å². The molecular formula is C24H24F2N4O2. The summed E-state index contributed by atoms with van der Waals surface area (Å²) >= 11 is 0. The number of rotatable bonds is 5. The van der Waals surface area contributed by atoms with Crippen LogP contribution in [0.15, 0.2) is 42.5 Å². The molecule has 1 aliphatic heterocycles. The number of nitrogens with zero attached hydrogens (tertiary/aromatic N) is 3. The summed E-state index contributed by atoms with van der Waals surface area (Å²) in [4.78, 5) is 15.4. The Morgan fingerprint density at radius 1 is 1.06 bits per heavy atom. The van der Waals surface area contributed by atoms with Crippen LogP contribution in [-0.4, -0.2) is 46.9 Å². The number of hydrogen-bond acceptors (Lipinski definition) is 4. The predicted molar refractivity (Wildman–Crippen MR) is 116 cm³/mol. The molecule has 1 amide bonds. The highest BCUT2D eigenvalue weighted by atomic mass is 19.2. The number of fused-ring (bicyclic) bond motifs is 1. The van der Waals surface area contributed by atoms with Crippen LogP contribution in [0.25, 0.3) is 5.69 Å². The van der Waals surface area contributed by atoms with E-state index in [-0.39, 0.29) is 5.91 Å². The zero-order valence-corrected chi connectivity index (χ0v) is 17.6. The monoisotopic (exact) mass is 438 g/mol. The molecular weight excluding hydrogens is 414 g/mol. The topological polar surface area (TPSA) is 59.4 Å². The van der Waals surface area contributed by atoms with E-state index in [1.54, 1.807) is 4.68 Å². The first-order valence-corrected chi connectivity index (χ1v) is 10.8. The standard InChI is InChI=1S/C24H24F2N4O2/c25-20-8-7-18(14-21(20)26)30-22-6-2-5-19(22)23(28-30)24(31)27-17-4-1-3-16(13-17)15-29-9-11-32-12-10-29/h1,3-4,7-8,13-14H,2,5-6,9-12,15H2,(H,27,31). The predicted octanol–water partition coefficient (Wildman–Crippen LogP) is 3.72. The molecule has 6 nitrogen and oxygen atoms in total. The van der Waals surface area contributed by atoms with Gasteiger partial charge in [-0.05, 0) is 49.1 Å². The van der Waals surface area contributed by atoms with Gasteiger partial charge in [-0.15, -0.1) is 0 Å². The van der Waals surface area contributed by atoms with Crippen LogP contribution in [0.1, 0.15) is 33.7 Å². The lowest BCUT2D eigenvalue weighted by atomic mass is 10.1. The minimum absolute atomic E-state index is 0.298. The highest BCUT2D eigenvalue weighted by molar-refractivity contribution is 6.04. The quantitative estimate of drug-likeness (QED) is 0.660. The van der Waals surface area contributed by atoms with Crippen molar-refractivity contribution in [3.63, 3.8) is 0 Å². The first-order chi connectivity index (χ1) is 15.6. The first-order valence-electron chi connectivity index (χ1n) is 10.8. The lowest BCUT2D eigenvalue weighted by molar-refractivity contribution is 0.0342. The summed E-state index contributed by atoms with van der Waals surface area (Å²) in [5.74, 6) is -2.15. The second kappa shape index (κ2) is 8.80. The Morgan fingerprint density at radius 2 is 1.91 bits per heavy atom. The van der Waals surface area contributed by atoms with Gasteiger partial charge in [0, 0.05) is 42.6 Å². The van der Waals surface area contributed by atoms with Crippen LogP contribution in [0.4, 0.5) is 14.5 Å². The van der Waals surface area contributed by atoms with Gasteiger partial charge in [0.1, 0.15) is 0 Å². The van der Waals surface area contributed by atoms with Crippen LogP contribution >= 0.6 is 0 Å². The molecule has 0 spiro atoms. The molecule has 2 aromatic carbocycles. The lowest BCUT2D eigenvalue weighted by Gasteiger charge is -2.26. The van der Waals surface area contributed by atoms with E-state index in [0.29, 0.717) is 17.1 Å². The van der Waals surface area contributed by atoms with Gasteiger partial charge < -0.3 is 10.1 Å². The normalized spacial score (nSPS) is 16.2. The number of aromatic nitrogens is 2. The molecule has 0 bridgehead atoms. The Kier molecular flexibility index (Phi) is 5.71. The van der Waals surface area contributed by atoms with Crippen LogP contribution in [-0.2, 0) is 24.1 Å². The molecule has 8 heteroatoms. The Morgan fingerprint density at radius 3 is 2.72 bits per heavy atom. The van der Waals surface area contributed by atoms with Crippen molar-refractivity contribution in [1.29, 1.82) is 0 Å². The van der Waals surface area contributed by atoms with E-state index < -0.39 is 11.6 Å². The maximum atomic E-state index is 13.8. The van der Waals surface area contributed by atoms with Crippen molar-refractivity contribution in [3.05, 3.63) is 76.6 Å². The average molecular weight is 438 g/mol. The smallest absolute Gasteiger partial charge is 0.276 e. The van der Waals surface area contributed by atoms with Gasteiger partial charge in [0.15, 0.2) is 17.3 Å². The van der Waals surface area contributed by atoms with Crippen molar-refractivity contribution in [3.8, 4) is 5.69 Å². The van der Waals surface area contributed by atoms with Gasteiger partial charge >= 0.3 is 0 Å². The highest BCUT2D eigenvalue weighted by Crippen LogP contribution is 2.29. The van der Waals surface area contributed by atoms with Crippen molar-refractivity contribution < 1.29 is 18.3 Å². The van der Waals surface area contributed by atoms with Crippen molar-refractivity contribution in [2.45, 2.75) is 25.8 Å². The molecule has 2 heterocycles. The van der Waals surface area contributed by atoms with Gasteiger partial charge in [0.05, 0.1) is 18.9 Å². The Balaban J connectivity index is 1.37. The molecule has 1 aliphatic carbocycles. The van der Waals surface area contributed by atoms with Crippen LogP contribution < -0.4 is 5.32 Å². The third-order valence-electron chi connectivity index (χ3n) is 5.99. The van der Waals surface area contributed by atoms with E-state index >= 15 is 0 Å². The number of hydrogen-bond donors (Lipinski definition) is 1. The number of ether oxygens (including phenoxy) is 1. The number of anilines is 1. The number of halogens is 2. The number of morpholine rings is 1. The third-order valence-corrected chi connectivity index (χ3v) is 5.99. The van der Waals surface area contributed by atoms with E-state index in [4.69, 9.17) is 4.74 Å². The highest BCUT2D eigenvalue weighted by Gasteiger charge is 2.27. The van der Waals surface area contributed by atoms with Crippen LogP contribution in [0, 0.1) is 11.6 Å². The number of carbonyl (C=O) groups excluding carboxylic acids is 1. The van der Waals surface area contributed by atoms with Gasteiger partial charge in [0.25, 0.3) is 5.91 Å². The Hall–Kier alpha value is -3.10. The fourth-order valence-corrected chi connectivity index (χ4v) is 4.41. The molecule has 2 aliphatic rings. The molecule has 3 aromatic rings. The molecule has 0 unspecified atom stereocenters. The molecule has 32 heavy (non-hydrogen) atoms. The van der Waals surface area contributed by atoms with Crippen LogP contribution in [0.5, 0.6) is 0 Å². The van der Waals surface area contributed by atoms with Gasteiger partial charge in [-0.2, -0.15) is 5.10 Å². The van der Waals surface area contributed by atoms with Crippen LogP contribution in [0.2, 0.25) is 0 Å². The van der Waals surface area contributed by atoms with Crippen molar-refractivity contribution >= 4 is 11.6 Å². The summed E-state index contributed by atoms with van der Waals surface area (Å²) in [7, 11) is 0. The van der Waals surface area contributed by atoms with Crippen molar-refractivity contribution in [2.24, 2.45) is 0 Å². The summed E-state index contributed by atoms with van der Waals surface area (Å²) in [5, 5.41) is 7.44. The van der Waals surface area contributed by atoms with E-state index in [1.165, 1.54) is 6.07 Å². The average Bonchev–Trinajstić information content (AvgIpc) is 3.40. The second-order valence-electron chi connectivity index (χ2n) is 8.18. The summed E-state index contributed by atoms with van der Waals surface area (Å²) in [5.41, 5.74) is 4.31. The number of amides is 1. The molecule has 5 rings (SSSR count). The molecule has 0 radical (unpaired) electrons. The van der Waals surface area contributed by atoms with E-state index in [2.05, 4.69) is 15.3 Å². The second-order valence-corrected chi connectivity index (χ2v) is 8.18. The van der Waals surface area contributed by atoms with E-state index in [0.717, 1.165) is 81.1 Å². The number of nitrogens with one attached hydrogen (secondary N) is 1. The van der Waals surface area contributed by atoms with Gasteiger partial charge in [-0.3, -0.25) is 9.69 Å². The SMILES string of the molecule is O=C(Nc1cccc(CN2CCOCC2)c1)c1nn(-c2ccc(F)c(F)c2)c2c1CCC2. The van der Waals surface area contributed by atoms with Crippen LogP contribution in [0.3, 0.4) is 0 Å². The third kappa shape index (κ3) is 4.16. The van der Waals surface area contributed by atoms with Gasteiger partial charge in [-0.25, -0.2) is 13.5 Å². The van der Waals surface area contributed by atoms with E-state index in [9.17, 15) is 13.6 Å². The van der Waals surface area contributed by atoms with Crippen molar-refractivity contribution in [2.75, 3.05) is 31.6 Å². The number of benzene rings is 2. The Bertz CT molecular complexity index is 1150. The van der Waals surface area contributed by atoms with Gasteiger partial charge in [0.2, 0.25) is 0 Å². The largest absolute Gasteiger partial charge is 0.379 e. The maximum Gasteiger partial charge on any atom is 0.276 e. The fraction of sp³-hybridized carbons (Fsp3) is 0.333. The molecule has 1 N–H and O–H groups in total. The molecule has 0 saturated carbocycles. The van der Waals surface area contributed by atoms with Gasteiger partial charge in [-0.1, -0.05) is 12.1 Å². The molecule has 1 fully saturated rings. The molecule has 1 aromatic heterocycles. The minimum atomic E-state index is -0.937. The molecule has 166 valence electrons. The zero-order valence-electron chi connectivity index (χ0n) is 17.6. The molecule has 0 atom stereocenters.